The summed E-state index contributed by atoms with van der Waals surface area (Å²) in [7, 11) is -0.556. The van der Waals surface area contributed by atoms with Crippen molar-refractivity contribution in [3.05, 3.63) is 135 Å². The van der Waals surface area contributed by atoms with Crippen LogP contribution < -0.4 is 66.8 Å². The number of hydrogen-bond acceptors (Lipinski definition) is 22. The average Bonchev–Trinajstić information content (AvgIpc) is 1.50. The van der Waals surface area contributed by atoms with Crippen molar-refractivity contribution in [2.45, 2.75) is 169 Å². The van der Waals surface area contributed by atoms with E-state index in [0.29, 0.717) is 192 Å². The maximum absolute atomic E-state index is 12.9. The molecule has 10 amide bonds. The zero-order valence-electron chi connectivity index (χ0n) is 85.1. The van der Waals surface area contributed by atoms with E-state index >= 15 is 0 Å². The van der Waals surface area contributed by atoms with Crippen LogP contribution in [0.5, 0.6) is 0 Å². The average molecular weight is 2130 g/mol. The Morgan fingerprint density at radius 1 is 0.412 bits per heavy atom. The van der Waals surface area contributed by atoms with Gasteiger partial charge in [-0.05, 0) is 227 Å². The Labute approximate surface area is 872 Å². The first-order chi connectivity index (χ1) is 70.1. The number of benzene rings is 3. The van der Waals surface area contributed by atoms with Crippen molar-refractivity contribution in [3.8, 4) is 22.3 Å². The van der Waals surface area contributed by atoms with E-state index in [0.717, 1.165) is 120 Å². The summed E-state index contributed by atoms with van der Waals surface area (Å²) in [6, 6.07) is 29.8. The molecule has 804 valence electrons. The van der Waals surface area contributed by atoms with Crippen molar-refractivity contribution >= 4 is 147 Å². The van der Waals surface area contributed by atoms with Crippen LogP contribution in [0.15, 0.2) is 103 Å². The Balaban J connectivity index is 0.000000148. The van der Waals surface area contributed by atoms with Gasteiger partial charge in [0.1, 0.15) is 45.9 Å². The van der Waals surface area contributed by atoms with Crippen LogP contribution in [0.2, 0.25) is 15.2 Å². The Kier molecular flexibility index (Phi) is 37.7. The summed E-state index contributed by atoms with van der Waals surface area (Å²) in [6.45, 7) is 34.9. The van der Waals surface area contributed by atoms with Crippen LogP contribution in [0.4, 0.5) is 112 Å². The molecule has 16 heterocycles. The molecule has 7 aromatic rings. The van der Waals surface area contributed by atoms with Gasteiger partial charge < -0.3 is 89.6 Å². The highest BCUT2D eigenvalue weighted by atomic mass is 35.5. The maximum atomic E-state index is 12.9. The zero-order chi connectivity index (χ0) is 106. The smallest absolute Gasteiger partial charge is 0.399 e. The second kappa shape index (κ2) is 49.5. The normalized spacial score (nSPS) is 22.5. The number of nitrogens with one attached hydrogen (secondary N) is 4. The van der Waals surface area contributed by atoms with Gasteiger partial charge in [-0.2, -0.15) is 39.5 Å². The molecule has 6 N–H and O–H groups in total. The molecule has 148 heavy (non-hydrogen) atoms. The van der Waals surface area contributed by atoms with Gasteiger partial charge in [-0.3, -0.25) is 33.9 Å². The van der Waals surface area contributed by atoms with Crippen molar-refractivity contribution in [3.63, 3.8) is 0 Å². The van der Waals surface area contributed by atoms with E-state index in [4.69, 9.17) is 78.8 Å². The number of hydrogen-bond donors (Lipinski definition) is 5. The van der Waals surface area contributed by atoms with E-state index in [1.807, 2.05) is 122 Å². The lowest BCUT2D eigenvalue weighted by atomic mass is 9.76. The molecule has 3 aromatic carbocycles. The third-order valence-electron chi connectivity index (χ3n) is 28.2. The second-order valence-corrected chi connectivity index (χ2v) is 42.2. The number of nitrogens with two attached hydrogens (primary N) is 1. The number of aryl methyl sites for hydroxylation is 3. The number of urea groups is 3. The van der Waals surface area contributed by atoms with Crippen LogP contribution in [0.3, 0.4) is 0 Å². The lowest BCUT2D eigenvalue weighted by Gasteiger charge is -2.32. The largest absolute Gasteiger partial charge is 0.495 e. The van der Waals surface area contributed by atoms with Gasteiger partial charge in [-0.1, -0.05) is 79.3 Å². The topological polar surface area (TPSA) is 333 Å². The number of anilines is 10. The predicted molar refractivity (Wildman–Crippen MR) is 553 cm³/mol. The fourth-order valence-electron chi connectivity index (χ4n) is 19.5. The van der Waals surface area contributed by atoms with Gasteiger partial charge >= 0.3 is 43.7 Å². The van der Waals surface area contributed by atoms with Crippen LogP contribution >= 0.6 is 34.8 Å². The fourth-order valence-corrected chi connectivity index (χ4v) is 20.2. The standard InChI is InChI=1S/C28H34F3N5O3.C27H33F3N6O3.C20H28BF3N2O3.C14H18ClN3O2.C9H10Cl2N2O.C5H9NO/c1-18-11-26(37)36(16-18)25-13-21(12-24(33-25)34-7-9-39-10-8-34)23-14-22(4-3-19(23)2)32-27(38)35-6-5-20(17-35)15-28(29,30)31;1-17-2-3-21(32-26(38)35-5-4-18(15-35)14-27(28,29)30)13-22(17)19-10-23(34-6-8-39-9-7-34)33-24(11-19)36-16-20(31)12-25(36)37;1-13-6-7-15(10-16(13)21-28-18(2,3)19(4,5)29-21)25-17(27)26-9-8-14(12-26)11-20(22,23)24;1-10-6-14(19)18(9-10)13-8-11(15)7-12(16-13)17-2-4-20-5-3-17;10-7-5-8(11)12-9(6-7)13-1-3-14-4-2-13;1-4-2-5(7)6-3-4/h3-4,12-14,18,20H,5-11,15-17H2,1-2H3,(H,32,38);2-3,10-11,13,18,20H,4-9,12,14-16,31H2,1H3,(H,32,38);6-7,10,14H,8-9,11-12H2,1-5H3,(H,25,27);7-8,10H,2-6,9H2,1H3;5-6H,1-4H2;4H,2-3H2,1H3,(H,6,7)/t2*18-,20+;14-;10-;;4-/m1001.1/s1. The Hall–Kier alpha value is -10.8. The number of alkyl halides is 9. The molecule has 0 unspecified atom stereocenters. The molecule has 4 aromatic heterocycles. The number of morpholine rings is 4. The molecular weight excluding hydrogens is 2000 g/mol. The summed E-state index contributed by atoms with van der Waals surface area (Å²) in [5, 5.41) is 12.9. The number of ether oxygens (including phenoxy) is 4. The van der Waals surface area contributed by atoms with Crippen molar-refractivity contribution < 1.29 is 101 Å². The van der Waals surface area contributed by atoms with E-state index in [1.54, 1.807) is 51.1 Å². The highest BCUT2D eigenvalue weighted by Gasteiger charge is 2.53. The van der Waals surface area contributed by atoms with Gasteiger partial charge in [0.2, 0.25) is 23.6 Å². The minimum Gasteiger partial charge on any atom is -0.399 e. The molecule has 0 radical (unpaired) electrons. The highest BCUT2D eigenvalue weighted by Crippen LogP contribution is 2.43. The van der Waals surface area contributed by atoms with Crippen molar-refractivity contribution in [2.75, 3.05) is 221 Å². The van der Waals surface area contributed by atoms with Crippen LogP contribution in [-0.2, 0) is 47.4 Å². The quantitative estimate of drug-likeness (QED) is 0.0341. The summed E-state index contributed by atoms with van der Waals surface area (Å²) in [6.07, 6.45) is -12.2. The van der Waals surface area contributed by atoms with E-state index in [9.17, 15) is 73.1 Å². The molecule has 0 saturated carbocycles. The molecule has 0 bridgehead atoms. The molecule has 12 aliphatic rings. The summed E-state index contributed by atoms with van der Waals surface area (Å²) >= 11 is 17.9. The van der Waals surface area contributed by atoms with E-state index in [-0.39, 0.29) is 68.2 Å². The first-order valence-corrected chi connectivity index (χ1v) is 51.5. The second-order valence-electron chi connectivity index (χ2n) is 41.0. The first kappa shape index (κ1) is 113. The fraction of sp³-hybridized carbons (Fsp3) is 0.563. The summed E-state index contributed by atoms with van der Waals surface area (Å²) in [5.74, 6) is 4.69. The molecule has 0 aliphatic carbocycles. The minimum atomic E-state index is -4.24. The monoisotopic (exact) mass is 2130 g/mol. The summed E-state index contributed by atoms with van der Waals surface area (Å²) < 4.78 is 148. The number of likely N-dealkylation sites (tertiary alicyclic amines) is 3. The molecule has 12 saturated heterocycles. The molecule has 7 atom stereocenters. The maximum Gasteiger partial charge on any atom is 0.495 e. The van der Waals surface area contributed by atoms with Gasteiger partial charge in [0.05, 0.1) is 64.1 Å². The Bertz CT molecular complexity index is 5600. The van der Waals surface area contributed by atoms with Crippen LogP contribution in [-0.4, -0.2) is 290 Å². The SMILES string of the molecule is C[C@@H]1CC(=O)N(c2cc(Cl)cc(N3CCOCC3)n2)C1.C[C@H]1CNC(=O)C1.Cc1ccc(NC(=O)N2CC[C@@H](CC(F)(F)F)C2)cc1-c1cc(N2CCOCC2)nc(N2C[C@H](C)CC2=O)c1.Cc1ccc(NC(=O)N2CC[C@@H](CC(F)(F)F)C2)cc1-c1cc(N2CCOCC2)nc(N2C[C@H](N)CC2=O)c1.Cc1ccc(NC(=O)N2CC[C@@H](CC(F)(F)F)C2)cc1B1OC(C)(C)C(C)(C)O1.Clc1cc(Cl)nc(N2CCOCC2)c1. The van der Waals surface area contributed by atoms with Gasteiger partial charge in [-0.15, -0.1) is 0 Å². The van der Waals surface area contributed by atoms with Crippen LogP contribution in [0.1, 0.15) is 129 Å². The first-order valence-electron chi connectivity index (χ1n) is 50.4. The van der Waals surface area contributed by atoms with E-state index in [1.165, 1.54) is 14.7 Å². The lowest BCUT2D eigenvalue weighted by Crippen LogP contribution is -2.41. The third-order valence-corrected chi connectivity index (χ3v) is 28.8. The summed E-state index contributed by atoms with van der Waals surface area (Å²) in [4.78, 5) is 122. The molecule has 12 fully saturated rings. The van der Waals surface area contributed by atoms with Gasteiger partial charge in [0, 0.05) is 196 Å². The highest BCUT2D eigenvalue weighted by molar-refractivity contribution is 6.62. The van der Waals surface area contributed by atoms with Gasteiger partial charge in [-0.25, -0.2) is 34.3 Å². The third kappa shape index (κ3) is 31.4. The van der Waals surface area contributed by atoms with Gasteiger partial charge in [0.25, 0.3) is 0 Å². The Morgan fingerprint density at radius 2 is 0.736 bits per heavy atom. The number of carbonyl (C=O) groups is 7. The minimum absolute atomic E-state index is 0.0484. The number of carbonyl (C=O) groups excluding carboxylic acids is 7. The zero-order valence-corrected chi connectivity index (χ0v) is 87.3. The number of pyridine rings is 4. The number of amides is 10. The van der Waals surface area contributed by atoms with E-state index < -0.39 is 92.0 Å². The van der Waals surface area contributed by atoms with Gasteiger partial charge in [0.15, 0.2) is 0 Å². The van der Waals surface area contributed by atoms with Crippen LogP contribution in [0, 0.1) is 56.3 Å². The molecular formula is C103H132BCl3F9N19O13. The van der Waals surface area contributed by atoms with Crippen molar-refractivity contribution in [1.29, 1.82) is 0 Å². The number of nitrogens with zero attached hydrogens (tertiary/aromatic N) is 14. The molecule has 0 spiro atoms. The van der Waals surface area contributed by atoms with Crippen LogP contribution in [0.25, 0.3) is 22.3 Å². The number of halogens is 12. The lowest BCUT2D eigenvalue weighted by molar-refractivity contribution is -0.144. The van der Waals surface area contributed by atoms with Crippen molar-refractivity contribution in [1.82, 2.24) is 40.0 Å². The molecule has 45 heteroatoms. The van der Waals surface area contributed by atoms with E-state index in [2.05, 4.69) is 64.7 Å². The Morgan fingerprint density at radius 3 is 1.06 bits per heavy atom. The van der Waals surface area contributed by atoms with Crippen molar-refractivity contribution in [2.24, 2.45) is 41.2 Å². The molecule has 19 rings (SSSR count). The predicted octanol–water partition coefficient (Wildman–Crippen LogP) is 17.2. The number of rotatable bonds is 16. The number of aromatic nitrogens is 4. The summed E-state index contributed by atoms with van der Waals surface area (Å²) in [5.41, 5.74) is 13.9. The molecule has 32 nitrogen and oxygen atoms in total. The molecule has 12 aliphatic heterocycles.